The van der Waals surface area contributed by atoms with Crippen LogP contribution >= 0.6 is 0 Å². The number of benzene rings is 2. The predicted molar refractivity (Wildman–Crippen MR) is 140 cm³/mol. The molecule has 192 valence electrons. The van der Waals surface area contributed by atoms with E-state index in [0.717, 1.165) is 72.0 Å². The zero-order chi connectivity index (χ0) is 25.8. The first-order valence-electron chi connectivity index (χ1n) is 13.0. The summed E-state index contributed by atoms with van der Waals surface area (Å²) in [6, 6.07) is 16.0. The summed E-state index contributed by atoms with van der Waals surface area (Å²) in [6.45, 7) is 2.80. The molecular formula is C28H32N6O3. The Kier molecular flexibility index (Phi) is 7.30. The summed E-state index contributed by atoms with van der Waals surface area (Å²) in [7, 11) is 0. The van der Waals surface area contributed by atoms with Crippen LogP contribution in [0.4, 0.5) is 0 Å². The van der Waals surface area contributed by atoms with Crippen LogP contribution in [0.15, 0.2) is 53.3 Å². The molecule has 0 amide bonds. The largest absolute Gasteiger partial charge is 0.481 e. The van der Waals surface area contributed by atoms with Gasteiger partial charge in [-0.25, -0.2) is 4.68 Å². The number of nitrogens with zero attached hydrogens (tertiary/aromatic N) is 5. The number of hydrogen-bond donors (Lipinski definition) is 2. The lowest BCUT2D eigenvalue weighted by molar-refractivity contribution is -0.138. The van der Waals surface area contributed by atoms with Gasteiger partial charge in [-0.2, -0.15) is 5.21 Å². The van der Waals surface area contributed by atoms with Crippen LogP contribution in [0.5, 0.6) is 0 Å². The SMILES string of the molecule is CCCCCc1c(Cc2ccc(-c3ccccc3-c3nn[nH]n3)cc2)c(=O)n2n1C(CC(=O)O)CCC2. The molecule has 0 aliphatic carbocycles. The Balaban J connectivity index is 1.47. The van der Waals surface area contributed by atoms with Crippen molar-refractivity contribution in [2.24, 2.45) is 0 Å². The Hall–Kier alpha value is -4.01. The van der Waals surface area contributed by atoms with E-state index in [0.29, 0.717) is 18.8 Å². The molecule has 9 heteroatoms. The summed E-state index contributed by atoms with van der Waals surface area (Å²) < 4.78 is 3.82. The van der Waals surface area contributed by atoms with Gasteiger partial charge in [0.2, 0.25) is 5.82 Å². The van der Waals surface area contributed by atoms with E-state index in [2.05, 4.69) is 51.8 Å². The van der Waals surface area contributed by atoms with Crippen molar-refractivity contribution < 1.29 is 9.90 Å². The maximum Gasteiger partial charge on any atom is 0.305 e. The Morgan fingerprint density at radius 1 is 1.11 bits per heavy atom. The number of rotatable bonds is 10. The maximum atomic E-state index is 13.5. The van der Waals surface area contributed by atoms with E-state index < -0.39 is 5.97 Å². The zero-order valence-corrected chi connectivity index (χ0v) is 21.1. The highest BCUT2D eigenvalue weighted by Crippen LogP contribution is 2.31. The fraction of sp³-hybridized carbons (Fsp3) is 0.393. The molecule has 0 fully saturated rings. The molecule has 0 spiro atoms. The van der Waals surface area contributed by atoms with Gasteiger partial charge in [-0.3, -0.25) is 14.3 Å². The molecule has 0 saturated heterocycles. The fourth-order valence-electron chi connectivity index (χ4n) is 5.47. The van der Waals surface area contributed by atoms with Crippen molar-refractivity contribution in [2.45, 2.75) is 70.9 Å². The molecule has 3 heterocycles. The lowest BCUT2D eigenvalue weighted by Crippen LogP contribution is -2.32. The molecule has 1 aliphatic heterocycles. The monoisotopic (exact) mass is 500 g/mol. The van der Waals surface area contributed by atoms with Gasteiger partial charge in [-0.05, 0) is 47.6 Å². The van der Waals surface area contributed by atoms with Crippen LogP contribution in [0, 0.1) is 0 Å². The lowest BCUT2D eigenvalue weighted by Gasteiger charge is -2.28. The minimum atomic E-state index is -0.822. The molecule has 0 bridgehead atoms. The van der Waals surface area contributed by atoms with Crippen LogP contribution in [0.1, 0.15) is 68.3 Å². The van der Waals surface area contributed by atoms with E-state index in [1.54, 1.807) is 4.68 Å². The molecule has 2 N–H and O–H groups in total. The Morgan fingerprint density at radius 2 is 1.89 bits per heavy atom. The number of unbranched alkanes of at least 4 members (excludes halogenated alkanes) is 2. The van der Waals surface area contributed by atoms with E-state index in [1.807, 2.05) is 28.9 Å². The molecule has 1 aliphatic rings. The first-order valence-corrected chi connectivity index (χ1v) is 13.0. The number of aliphatic carboxylic acids is 1. The highest BCUT2D eigenvalue weighted by molar-refractivity contribution is 5.80. The van der Waals surface area contributed by atoms with Gasteiger partial charge >= 0.3 is 5.97 Å². The first-order chi connectivity index (χ1) is 18.1. The number of nitrogens with one attached hydrogen (secondary N) is 1. The van der Waals surface area contributed by atoms with Crippen LogP contribution in [0.2, 0.25) is 0 Å². The molecular weight excluding hydrogens is 468 g/mol. The molecule has 0 radical (unpaired) electrons. The minimum Gasteiger partial charge on any atom is -0.481 e. The summed E-state index contributed by atoms with van der Waals surface area (Å²) in [6.07, 6.45) is 6.13. The Bertz CT molecular complexity index is 1420. The van der Waals surface area contributed by atoms with Crippen LogP contribution in [-0.2, 0) is 24.2 Å². The second kappa shape index (κ2) is 10.9. The van der Waals surface area contributed by atoms with E-state index in [9.17, 15) is 14.7 Å². The highest BCUT2D eigenvalue weighted by Gasteiger charge is 2.29. The zero-order valence-electron chi connectivity index (χ0n) is 21.1. The topological polar surface area (TPSA) is 119 Å². The number of aromatic nitrogens is 6. The van der Waals surface area contributed by atoms with Gasteiger partial charge in [-0.15, -0.1) is 10.2 Å². The number of fused-ring (bicyclic) bond motifs is 1. The van der Waals surface area contributed by atoms with Gasteiger partial charge in [0.1, 0.15) is 0 Å². The van der Waals surface area contributed by atoms with Crippen LogP contribution in [-0.4, -0.2) is 41.1 Å². The molecule has 4 aromatic rings. The molecule has 37 heavy (non-hydrogen) atoms. The van der Waals surface area contributed by atoms with E-state index in [4.69, 9.17) is 0 Å². The van der Waals surface area contributed by atoms with Crippen molar-refractivity contribution in [3.05, 3.63) is 75.7 Å². The van der Waals surface area contributed by atoms with E-state index in [1.165, 1.54) is 0 Å². The second-order valence-corrected chi connectivity index (χ2v) is 9.70. The van der Waals surface area contributed by atoms with Crippen LogP contribution < -0.4 is 5.56 Å². The quantitative estimate of drug-likeness (QED) is 0.307. The summed E-state index contributed by atoms with van der Waals surface area (Å²) in [5, 5.41) is 23.9. The van der Waals surface area contributed by atoms with Crippen molar-refractivity contribution in [3.63, 3.8) is 0 Å². The minimum absolute atomic E-state index is 0.0214. The van der Waals surface area contributed by atoms with Gasteiger partial charge < -0.3 is 5.11 Å². The van der Waals surface area contributed by atoms with E-state index in [-0.39, 0.29) is 18.0 Å². The van der Waals surface area contributed by atoms with Crippen molar-refractivity contribution in [2.75, 3.05) is 0 Å². The number of hydrogen-bond acceptors (Lipinski definition) is 5. The third-order valence-electron chi connectivity index (χ3n) is 7.22. The van der Waals surface area contributed by atoms with Gasteiger partial charge in [0, 0.05) is 29.8 Å². The molecule has 9 nitrogen and oxygen atoms in total. The summed E-state index contributed by atoms with van der Waals surface area (Å²) >= 11 is 0. The predicted octanol–water partition coefficient (Wildman–Crippen LogP) is 4.63. The van der Waals surface area contributed by atoms with Crippen LogP contribution in [0.3, 0.4) is 0 Å². The normalized spacial score (nSPS) is 15.0. The standard InChI is InChI=1S/C28H32N6O3/c1-2-3-4-11-25-24(28(37)33-16-7-8-21(34(25)33)18-26(35)36)17-19-12-14-20(15-13-19)22-9-5-6-10-23(22)27-29-31-32-30-27/h5-6,9-10,12-15,21H,2-4,7-8,11,16-18H2,1H3,(H,35,36)(H,29,30,31,32). The lowest BCUT2D eigenvalue weighted by atomic mass is 9.96. The Labute approximate surface area is 215 Å². The van der Waals surface area contributed by atoms with E-state index >= 15 is 0 Å². The Morgan fingerprint density at radius 3 is 2.59 bits per heavy atom. The number of carbonyl (C=O) groups is 1. The fourth-order valence-corrected chi connectivity index (χ4v) is 5.47. The summed E-state index contributed by atoms with van der Waals surface area (Å²) in [5.74, 6) is -0.280. The van der Waals surface area contributed by atoms with Crippen LogP contribution in [0.25, 0.3) is 22.5 Å². The van der Waals surface area contributed by atoms with Crippen molar-refractivity contribution in [1.82, 2.24) is 30.0 Å². The molecule has 2 aromatic carbocycles. The number of tetrazole rings is 1. The highest BCUT2D eigenvalue weighted by atomic mass is 16.4. The van der Waals surface area contributed by atoms with Gasteiger partial charge in [0.25, 0.3) is 5.56 Å². The average molecular weight is 501 g/mol. The smallest absolute Gasteiger partial charge is 0.305 e. The van der Waals surface area contributed by atoms with Gasteiger partial charge in [0.15, 0.2) is 0 Å². The molecule has 1 unspecified atom stereocenters. The number of aromatic amines is 1. The maximum absolute atomic E-state index is 13.5. The summed E-state index contributed by atoms with van der Waals surface area (Å²) in [4.78, 5) is 25.1. The number of H-pyrrole nitrogens is 1. The second-order valence-electron chi connectivity index (χ2n) is 9.70. The molecule has 2 aromatic heterocycles. The first kappa shape index (κ1) is 24.7. The van der Waals surface area contributed by atoms with Gasteiger partial charge in [0.05, 0.1) is 12.5 Å². The molecule has 1 atom stereocenters. The third-order valence-corrected chi connectivity index (χ3v) is 7.22. The van der Waals surface area contributed by atoms with Crippen molar-refractivity contribution >= 4 is 5.97 Å². The third kappa shape index (κ3) is 5.12. The number of carboxylic acid groups (broad SMARTS) is 1. The van der Waals surface area contributed by atoms with Crippen molar-refractivity contribution in [3.8, 4) is 22.5 Å². The average Bonchev–Trinajstić information content (AvgIpc) is 3.53. The van der Waals surface area contributed by atoms with Crippen molar-refractivity contribution in [1.29, 1.82) is 0 Å². The number of carboxylic acids is 1. The molecule has 0 saturated carbocycles. The summed E-state index contributed by atoms with van der Waals surface area (Å²) in [5.41, 5.74) is 5.81. The van der Waals surface area contributed by atoms with Gasteiger partial charge in [-0.1, -0.05) is 68.3 Å². The molecule has 5 rings (SSSR count).